The lowest BCUT2D eigenvalue weighted by Crippen LogP contribution is -1.98. The predicted molar refractivity (Wildman–Crippen MR) is 97.4 cm³/mol. The van der Waals surface area contributed by atoms with Gasteiger partial charge in [0.2, 0.25) is 0 Å². The fraction of sp³-hybridized carbons (Fsp3) is 0.476. The van der Waals surface area contributed by atoms with Gasteiger partial charge in [-0.2, -0.15) is 0 Å². The van der Waals surface area contributed by atoms with E-state index in [1.165, 1.54) is 38.5 Å². The molecule has 0 saturated carbocycles. The van der Waals surface area contributed by atoms with Crippen molar-refractivity contribution in [3.63, 3.8) is 0 Å². The van der Waals surface area contributed by atoms with Crippen LogP contribution >= 0.6 is 0 Å². The van der Waals surface area contributed by atoms with Gasteiger partial charge in [-0.1, -0.05) is 63.6 Å². The van der Waals surface area contributed by atoms with E-state index in [-0.39, 0.29) is 5.78 Å². The number of hydrogen-bond acceptors (Lipinski definition) is 2. The second-order valence-corrected chi connectivity index (χ2v) is 6.22. The summed E-state index contributed by atoms with van der Waals surface area (Å²) in [6, 6.07) is 11.8. The molecule has 2 aromatic carbocycles. The van der Waals surface area contributed by atoms with Crippen molar-refractivity contribution in [3.8, 4) is 5.75 Å². The maximum Gasteiger partial charge on any atom is 0.159 e. The van der Waals surface area contributed by atoms with Crippen LogP contribution in [-0.2, 0) is 0 Å². The molecule has 23 heavy (non-hydrogen) atoms. The lowest BCUT2D eigenvalue weighted by molar-refractivity contribution is 0.101. The van der Waals surface area contributed by atoms with E-state index in [4.69, 9.17) is 4.74 Å². The van der Waals surface area contributed by atoms with E-state index >= 15 is 0 Å². The number of unbranched alkanes of at least 4 members (excludes halogenated alkanes) is 6. The Morgan fingerprint density at radius 2 is 1.70 bits per heavy atom. The molecule has 2 heteroatoms. The summed E-state index contributed by atoms with van der Waals surface area (Å²) in [5.74, 6) is 1.02. The zero-order chi connectivity index (χ0) is 16.5. The van der Waals surface area contributed by atoms with E-state index in [2.05, 4.69) is 6.92 Å². The molecular formula is C21H28O2. The summed E-state index contributed by atoms with van der Waals surface area (Å²) in [6.07, 6.45) is 9.01. The summed E-state index contributed by atoms with van der Waals surface area (Å²) >= 11 is 0. The topological polar surface area (TPSA) is 26.3 Å². The van der Waals surface area contributed by atoms with Crippen molar-refractivity contribution in [2.24, 2.45) is 0 Å². The first-order valence-corrected chi connectivity index (χ1v) is 8.89. The average molecular weight is 312 g/mol. The van der Waals surface area contributed by atoms with Crippen LogP contribution in [0.1, 0.15) is 69.2 Å². The van der Waals surface area contributed by atoms with Crippen LogP contribution in [0.3, 0.4) is 0 Å². The van der Waals surface area contributed by atoms with E-state index in [1.807, 2.05) is 36.4 Å². The molecule has 2 aromatic rings. The van der Waals surface area contributed by atoms with Gasteiger partial charge < -0.3 is 4.74 Å². The first-order chi connectivity index (χ1) is 11.2. The molecular weight excluding hydrogens is 284 g/mol. The highest BCUT2D eigenvalue weighted by Crippen LogP contribution is 2.27. The molecule has 2 rings (SSSR count). The van der Waals surface area contributed by atoms with Crippen LogP contribution in [0.2, 0.25) is 0 Å². The van der Waals surface area contributed by atoms with Crippen molar-refractivity contribution < 1.29 is 9.53 Å². The zero-order valence-electron chi connectivity index (χ0n) is 14.4. The number of carbonyl (C=O) groups is 1. The van der Waals surface area contributed by atoms with Gasteiger partial charge in [0.25, 0.3) is 0 Å². The number of rotatable bonds is 10. The van der Waals surface area contributed by atoms with Crippen molar-refractivity contribution in [3.05, 3.63) is 42.0 Å². The molecule has 2 nitrogen and oxygen atoms in total. The first kappa shape index (κ1) is 17.5. The van der Waals surface area contributed by atoms with Gasteiger partial charge in [-0.15, -0.1) is 0 Å². The molecule has 124 valence electrons. The number of carbonyl (C=O) groups excluding carboxylic acids is 1. The Kier molecular flexibility index (Phi) is 7.12. The van der Waals surface area contributed by atoms with Gasteiger partial charge in [0.05, 0.1) is 6.61 Å². The fourth-order valence-electron chi connectivity index (χ4n) is 2.84. The predicted octanol–water partition coefficient (Wildman–Crippen LogP) is 6.17. The third kappa shape index (κ3) is 5.38. The number of fused-ring (bicyclic) bond motifs is 1. The maximum atomic E-state index is 11.5. The minimum Gasteiger partial charge on any atom is -0.493 e. The van der Waals surface area contributed by atoms with Crippen LogP contribution in [0.15, 0.2) is 36.4 Å². The van der Waals surface area contributed by atoms with Gasteiger partial charge in [-0.3, -0.25) is 4.79 Å². The molecule has 0 aromatic heterocycles. The molecule has 0 amide bonds. The second kappa shape index (κ2) is 9.34. The Bertz CT molecular complexity index is 631. The summed E-state index contributed by atoms with van der Waals surface area (Å²) < 4.78 is 5.96. The Balaban J connectivity index is 1.85. The van der Waals surface area contributed by atoms with Crippen LogP contribution in [0.5, 0.6) is 5.75 Å². The molecule has 0 aliphatic carbocycles. The third-order valence-electron chi connectivity index (χ3n) is 4.25. The fourth-order valence-corrected chi connectivity index (χ4v) is 2.84. The van der Waals surface area contributed by atoms with Crippen LogP contribution in [0.4, 0.5) is 0 Å². The van der Waals surface area contributed by atoms with Gasteiger partial charge in [0, 0.05) is 10.9 Å². The van der Waals surface area contributed by atoms with E-state index in [0.717, 1.165) is 35.1 Å². The summed E-state index contributed by atoms with van der Waals surface area (Å²) in [5.41, 5.74) is 0.752. The van der Waals surface area contributed by atoms with Crippen LogP contribution in [0.25, 0.3) is 10.8 Å². The quantitative estimate of drug-likeness (QED) is 0.387. The van der Waals surface area contributed by atoms with Gasteiger partial charge in [-0.05, 0) is 36.9 Å². The molecule has 0 bridgehead atoms. The molecule has 0 aliphatic rings. The summed E-state index contributed by atoms with van der Waals surface area (Å²) in [4.78, 5) is 11.5. The lowest BCUT2D eigenvalue weighted by Gasteiger charge is -2.10. The highest BCUT2D eigenvalue weighted by Gasteiger charge is 2.05. The number of benzene rings is 2. The number of ether oxygens (including phenoxy) is 1. The Hall–Kier alpha value is -1.83. The van der Waals surface area contributed by atoms with Crippen LogP contribution < -0.4 is 4.74 Å². The van der Waals surface area contributed by atoms with Gasteiger partial charge in [-0.25, -0.2) is 0 Å². The molecule has 0 radical (unpaired) electrons. The minimum atomic E-state index is 0.0984. The Labute approximate surface area is 139 Å². The van der Waals surface area contributed by atoms with E-state index in [0.29, 0.717) is 0 Å². The van der Waals surface area contributed by atoms with Gasteiger partial charge >= 0.3 is 0 Å². The van der Waals surface area contributed by atoms with Gasteiger partial charge in [0.15, 0.2) is 5.78 Å². The molecule has 0 spiro atoms. The Morgan fingerprint density at radius 1 is 0.957 bits per heavy atom. The normalized spacial score (nSPS) is 10.9. The van der Waals surface area contributed by atoms with Crippen LogP contribution in [0, 0.1) is 0 Å². The van der Waals surface area contributed by atoms with Gasteiger partial charge in [0.1, 0.15) is 5.75 Å². The summed E-state index contributed by atoms with van der Waals surface area (Å²) in [6.45, 7) is 4.61. The smallest absolute Gasteiger partial charge is 0.159 e. The molecule has 0 aliphatic heterocycles. The monoisotopic (exact) mass is 312 g/mol. The SMILES string of the molecule is CCCCCCCCCOc1cccc2cc(C(C)=O)ccc12. The van der Waals surface area contributed by atoms with Crippen molar-refractivity contribution >= 4 is 16.6 Å². The van der Waals surface area contributed by atoms with Crippen molar-refractivity contribution in [1.82, 2.24) is 0 Å². The van der Waals surface area contributed by atoms with Crippen molar-refractivity contribution in [2.75, 3.05) is 6.61 Å². The standard InChI is InChI=1S/C21H28O2/c1-3-4-5-6-7-8-9-15-23-21-12-10-11-19-16-18(17(2)22)13-14-20(19)21/h10-14,16H,3-9,15H2,1-2H3. The molecule has 0 heterocycles. The summed E-state index contributed by atoms with van der Waals surface area (Å²) in [5, 5.41) is 2.15. The lowest BCUT2D eigenvalue weighted by atomic mass is 10.0. The average Bonchev–Trinajstić information content (AvgIpc) is 2.56. The molecule has 0 unspecified atom stereocenters. The van der Waals surface area contributed by atoms with Crippen molar-refractivity contribution in [2.45, 2.75) is 58.8 Å². The van der Waals surface area contributed by atoms with Crippen LogP contribution in [-0.4, -0.2) is 12.4 Å². The molecule has 0 atom stereocenters. The Morgan fingerprint density at radius 3 is 2.43 bits per heavy atom. The largest absolute Gasteiger partial charge is 0.493 e. The minimum absolute atomic E-state index is 0.0984. The van der Waals surface area contributed by atoms with E-state index in [1.54, 1.807) is 6.92 Å². The zero-order valence-corrected chi connectivity index (χ0v) is 14.4. The number of hydrogen-bond donors (Lipinski definition) is 0. The molecule has 0 saturated heterocycles. The number of ketones is 1. The summed E-state index contributed by atoms with van der Waals surface area (Å²) in [7, 11) is 0. The number of Topliss-reactive ketones (excluding diaryl/α,β-unsaturated/α-hetero) is 1. The highest BCUT2D eigenvalue weighted by atomic mass is 16.5. The van der Waals surface area contributed by atoms with E-state index < -0.39 is 0 Å². The molecule has 0 fully saturated rings. The van der Waals surface area contributed by atoms with E-state index in [9.17, 15) is 4.79 Å². The third-order valence-corrected chi connectivity index (χ3v) is 4.25. The second-order valence-electron chi connectivity index (χ2n) is 6.22. The maximum absolute atomic E-state index is 11.5. The molecule has 0 N–H and O–H groups in total. The first-order valence-electron chi connectivity index (χ1n) is 8.89. The highest BCUT2D eigenvalue weighted by molar-refractivity contribution is 5.99. The van der Waals surface area contributed by atoms with Crippen molar-refractivity contribution in [1.29, 1.82) is 0 Å².